The Kier molecular flexibility index (Phi) is 8.51. The number of methoxy groups -OCH3 is 1. The van der Waals surface area contributed by atoms with E-state index < -0.39 is 0 Å². The number of benzene rings is 2. The van der Waals surface area contributed by atoms with Crippen LogP contribution in [0.5, 0.6) is 5.75 Å². The van der Waals surface area contributed by atoms with E-state index >= 15 is 0 Å². The molecule has 1 aliphatic rings. The van der Waals surface area contributed by atoms with Crippen LogP contribution in [-0.2, 0) is 13.1 Å². The highest BCUT2D eigenvalue weighted by Crippen LogP contribution is 2.29. The number of thiophene rings is 1. The molecule has 0 N–H and O–H groups in total. The van der Waals surface area contributed by atoms with Crippen molar-refractivity contribution in [3.8, 4) is 5.75 Å². The summed E-state index contributed by atoms with van der Waals surface area (Å²) in [5.41, 5.74) is 3.71. The third-order valence-corrected chi connectivity index (χ3v) is 7.30. The quantitative estimate of drug-likeness (QED) is 0.349. The van der Waals surface area contributed by atoms with Crippen LogP contribution in [0.2, 0.25) is 0 Å². The molecule has 1 saturated heterocycles. The molecule has 35 heavy (non-hydrogen) atoms. The minimum Gasteiger partial charge on any atom is -0.496 e. The lowest BCUT2D eigenvalue weighted by Crippen LogP contribution is -2.48. The Balaban J connectivity index is 0.00000289. The first kappa shape index (κ1) is 25.3. The average Bonchev–Trinajstić information content (AvgIpc) is 3.55. The predicted molar refractivity (Wildman–Crippen MR) is 141 cm³/mol. The molecular formula is C26H31ClN6OS. The normalized spacial score (nSPS) is 15.5. The van der Waals surface area contributed by atoms with E-state index in [1.54, 1.807) is 18.4 Å². The number of aromatic nitrogens is 4. The summed E-state index contributed by atoms with van der Waals surface area (Å²) in [7, 11) is 1.74. The third kappa shape index (κ3) is 5.90. The van der Waals surface area contributed by atoms with E-state index in [1.165, 1.54) is 21.6 Å². The van der Waals surface area contributed by atoms with Gasteiger partial charge in [0, 0.05) is 43.2 Å². The van der Waals surface area contributed by atoms with Crippen molar-refractivity contribution >= 4 is 23.7 Å². The summed E-state index contributed by atoms with van der Waals surface area (Å²) in [5, 5.41) is 15.0. The number of hydrogen-bond acceptors (Lipinski definition) is 7. The van der Waals surface area contributed by atoms with E-state index in [-0.39, 0.29) is 18.4 Å². The minimum absolute atomic E-state index is 0. The molecular weight excluding hydrogens is 480 g/mol. The van der Waals surface area contributed by atoms with Crippen LogP contribution in [-0.4, -0.2) is 63.3 Å². The van der Waals surface area contributed by atoms with Gasteiger partial charge in [0.1, 0.15) is 5.75 Å². The Morgan fingerprint density at radius 2 is 1.71 bits per heavy atom. The summed E-state index contributed by atoms with van der Waals surface area (Å²) in [6, 6.07) is 21.3. The molecule has 0 saturated carbocycles. The zero-order valence-electron chi connectivity index (χ0n) is 20.1. The van der Waals surface area contributed by atoms with Gasteiger partial charge in [-0.25, -0.2) is 4.68 Å². The first-order valence-electron chi connectivity index (χ1n) is 11.6. The lowest BCUT2D eigenvalue weighted by Gasteiger charge is -2.39. The highest BCUT2D eigenvalue weighted by Gasteiger charge is 2.31. The van der Waals surface area contributed by atoms with E-state index in [0.717, 1.165) is 44.3 Å². The molecule has 7 nitrogen and oxygen atoms in total. The summed E-state index contributed by atoms with van der Waals surface area (Å²) in [5.74, 6) is 1.85. The molecule has 1 fully saturated rings. The monoisotopic (exact) mass is 510 g/mol. The van der Waals surface area contributed by atoms with Crippen molar-refractivity contribution < 1.29 is 4.74 Å². The first-order valence-corrected chi connectivity index (χ1v) is 12.5. The maximum Gasteiger partial charge on any atom is 0.173 e. The van der Waals surface area contributed by atoms with Crippen LogP contribution in [0.1, 0.15) is 33.4 Å². The number of ether oxygens (including phenoxy) is 1. The number of tetrazole rings is 1. The van der Waals surface area contributed by atoms with Crippen LogP contribution in [0.25, 0.3) is 0 Å². The lowest BCUT2D eigenvalue weighted by atomic mass is 10.0. The van der Waals surface area contributed by atoms with E-state index in [1.807, 2.05) is 16.8 Å². The van der Waals surface area contributed by atoms with Crippen LogP contribution >= 0.6 is 23.7 Å². The second kappa shape index (κ2) is 11.8. The second-order valence-electron chi connectivity index (χ2n) is 8.71. The van der Waals surface area contributed by atoms with Crippen LogP contribution < -0.4 is 4.74 Å². The van der Waals surface area contributed by atoms with Gasteiger partial charge >= 0.3 is 0 Å². The van der Waals surface area contributed by atoms with Gasteiger partial charge in [-0.2, -0.15) is 0 Å². The number of piperazine rings is 1. The molecule has 0 aliphatic carbocycles. The maximum atomic E-state index is 5.56. The number of halogens is 1. The molecule has 1 atom stereocenters. The molecule has 5 rings (SSSR count). The summed E-state index contributed by atoms with van der Waals surface area (Å²) in [6.07, 6.45) is 0. The summed E-state index contributed by atoms with van der Waals surface area (Å²) < 4.78 is 7.51. The predicted octanol–water partition coefficient (Wildman–Crippen LogP) is 4.43. The summed E-state index contributed by atoms with van der Waals surface area (Å²) >= 11 is 1.73. The number of para-hydroxylation sites is 1. The van der Waals surface area contributed by atoms with Gasteiger partial charge in [0.15, 0.2) is 5.82 Å². The zero-order valence-corrected chi connectivity index (χ0v) is 21.7. The van der Waals surface area contributed by atoms with Crippen molar-refractivity contribution in [2.75, 3.05) is 33.3 Å². The van der Waals surface area contributed by atoms with Gasteiger partial charge in [-0.3, -0.25) is 9.80 Å². The topological polar surface area (TPSA) is 59.3 Å². The number of rotatable bonds is 8. The molecule has 9 heteroatoms. The Morgan fingerprint density at radius 1 is 0.943 bits per heavy atom. The van der Waals surface area contributed by atoms with Crippen molar-refractivity contribution in [2.45, 2.75) is 26.1 Å². The standard InChI is InChI=1S/C26H30N6OS.ClH/c1-20-9-11-21(12-10-20)25(26-27-28-29-32(26)19-23-7-5-17-34-23)31-15-13-30(14-16-31)18-22-6-3-4-8-24(22)33-2;/h3-12,17,25H,13-16,18-19H2,1-2H3;1H. The molecule has 3 heterocycles. The zero-order chi connectivity index (χ0) is 23.3. The number of aryl methyl sites for hydroxylation is 1. The van der Waals surface area contributed by atoms with Gasteiger partial charge in [0.2, 0.25) is 0 Å². The Hall–Kier alpha value is -2.78. The molecule has 184 valence electrons. The summed E-state index contributed by atoms with van der Waals surface area (Å²) in [4.78, 5) is 6.26. The van der Waals surface area contributed by atoms with Gasteiger partial charge in [0.25, 0.3) is 0 Å². The van der Waals surface area contributed by atoms with Crippen LogP contribution in [0.4, 0.5) is 0 Å². The molecule has 0 amide bonds. The SMILES string of the molecule is COc1ccccc1CN1CCN(C(c2ccc(C)cc2)c2nnnn2Cc2cccs2)CC1.Cl. The fourth-order valence-electron chi connectivity index (χ4n) is 4.60. The molecule has 1 aliphatic heterocycles. The smallest absolute Gasteiger partial charge is 0.173 e. The third-order valence-electron chi connectivity index (χ3n) is 6.44. The van der Waals surface area contributed by atoms with Crippen molar-refractivity contribution in [2.24, 2.45) is 0 Å². The largest absolute Gasteiger partial charge is 0.496 e. The Bertz CT molecular complexity index is 1190. The number of hydrogen-bond donors (Lipinski definition) is 0. The van der Waals surface area contributed by atoms with Crippen molar-refractivity contribution in [1.29, 1.82) is 0 Å². The van der Waals surface area contributed by atoms with E-state index in [9.17, 15) is 0 Å². The van der Waals surface area contributed by atoms with E-state index in [0.29, 0.717) is 6.54 Å². The Labute approximate surface area is 216 Å². The average molecular weight is 511 g/mol. The second-order valence-corrected chi connectivity index (χ2v) is 9.74. The molecule has 0 bridgehead atoms. The summed E-state index contributed by atoms with van der Waals surface area (Å²) in [6.45, 7) is 7.55. The van der Waals surface area contributed by atoms with Gasteiger partial charge in [-0.1, -0.05) is 54.1 Å². The molecule has 2 aromatic heterocycles. The molecule has 0 radical (unpaired) electrons. The van der Waals surface area contributed by atoms with Gasteiger partial charge < -0.3 is 4.74 Å². The van der Waals surface area contributed by atoms with Gasteiger partial charge in [-0.15, -0.1) is 28.8 Å². The Morgan fingerprint density at radius 3 is 2.43 bits per heavy atom. The van der Waals surface area contributed by atoms with Crippen molar-refractivity contribution in [1.82, 2.24) is 30.0 Å². The van der Waals surface area contributed by atoms with Crippen molar-refractivity contribution in [3.63, 3.8) is 0 Å². The van der Waals surface area contributed by atoms with Crippen LogP contribution in [0.3, 0.4) is 0 Å². The molecule has 0 spiro atoms. The minimum atomic E-state index is 0. The highest BCUT2D eigenvalue weighted by atomic mass is 35.5. The maximum absolute atomic E-state index is 5.56. The molecule has 1 unspecified atom stereocenters. The lowest BCUT2D eigenvalue weighted by molar-refractivity contribution is 0.0997. The van der Waals surface area contributed by atoms with E-state index in [4.69, 9.17) is 4.74 Å². The van der Waals surface area contributed by atoms with Gasteiger partial charge in [-0.05, 0) is 40.4 Å². The van der Waals surface area contributed by atoms with E-state index in [2.05, 4.69) is 86.2 Å². The highest BCUT2D eigenvalue weighted by molar-refractivity contribution is 7.09. The molecule has 2 aromatic carbocycles. The fraction of sp³-hybridized carbons (Fsp3) is 0.346. The van der Waals surface area contributed by atoms with Crippen molar-refractivity contribution in [3.05, 3.63) is 93.4 Å². The number of nitrogens with zero attached hydrogens (tertiary/aromatic N) is 6. The van der Waals surface area contributed by atoms with Gasteiger partial charge in [0.05, 0.1) is 19.7 Å². The van der Waals surface area contributed by atoms with Crippen LogP contribution in [0.15, 0.2) is 66.0 Å². The fourth-order valence-corrected chi connectivity index (χ4v) is 5.28. The van der Waals surface area contributed by atoms with Crippen LogP contribution in [0, 0.1) is 6.92 Å². The molecule has 4 aromatic rings. The first-order chi connectivity index (χ1) is 16.7.